The minimum absolute atomic E-state index is 0.146. The summed E-state index contributed by atoms with van der Waals surface area (Å²) in [6.45, 7) is 6.08. The van der Waals surface area contributed by atoms with Gasteiger partial charge in [-0.05, 0) is 50.1 Å². The maximum Gasteiger partial charge on any atom is 0.221 e. The number of hydrogen-bond donors (Lipinski definition) is 2. The minimum atomic E-state index is -0.955. The van der Waals surface area contributed by atoms with Crippen LogP contribution in [-0.4, -0.2) is 35.1 Å². The van der Waals surface area contributed by atoms with E-state index in [0.29, 0.717) is 23.6 Å². The number of nitrogen functional groups attached to an aromatic ring is 1. The Hall–Kier alpha value is -3.65. The molecule has 3 aromatic heterocycles. The van der Waals surface area contributed by atoms with E-state index in [0.717, 1.165) is 28.9 Å². The van der Waals surface area contributed by atoms with Gasteiger partial charge in [-0.15, -0.1) is 5.10 Å². The summed E-state index contributed by atoms with van der Waals surface area (Å²) in [7, 11) is 0. The zero-order valence-corrected chi connectivity index (χ0v) is 17.8. The lowest BCUT2D eigenvalue weighted by Crippen LogP contribution is -2.15. The van der Waals surface area contributed by atoms with E-state index in [1.165, 1.54) is 0 Å². The van der Waals surface area contributed by atoms with Crippen LogP contribution in [-0.2, 0) is 18.6 Å². The van der Waals surface area contributed by atoms with Crippen LogP contribution in [0.1, 0.15) is 37.7 Å². The molecule has 0 bridgehead atoms. The van der Waals surface area contributed by atoms with Crippen molar-refractivity contribution in [3.05, 3.63) is 71.7 Å². The highest BCUT2D eigenvalue weighted by atomic mass is 16.3. The van der Waals surface area contributed by atoms with Gasteiger partial charge in [0.05, 0.1) is 35.4 Å². The Morgan fingerprint density at radius 3 is 2.45 bits per heavy atom. The maximum absolute atomic E-state index is 10.3. The largest absolute Gasteiger partial charge is 0.386 e. The molecule has 158 valence electrons. The van der Waals surface area contributed by atoms with Crippen LogP contribution in [0.4, 0.5) is 5.95 Å². The normalized spacial score (nSPS) is 11.6. The van der Waals surface area contributed by atoms with Gasteiger partial charge in [0.25, 0.3) is 0 Å². The van der Waals surface area contributed by atoms with Gasteiger partial charge in [0.2, 0.25) is 5.95 Å². The van der Waals surface area contributed by atoms with E-state index in [2.05, 4.69) is 32.2 Å². The van der Waals surface area contributed by atoms with Gasteiger partial charge in [-0.1, -0.05) is 36.4 Å². The molecule has 0 unspecified atom stereocenters. The number of benzene rings is 1. The average molecular weight is 416 g/mol. The van der Waals surface area contributed by atoms with Crippen molar-refractivity contribution in [1.82, 2.24) is 29.9 Å². The van der Waals surface area contributed by atoms with Crippen LogP contribution >= 0.6 is 0 Å². The van der Waals surface area contributed by atoms with Crippen molar-refractivity contribution >= 4 is 5.95 Å². The summed E-state index contributed by atoms with van der Waals surface area (Å²) in [5.74, 6) is 0.146. The van der Waals surface area contributed by atoms with Crippen LogP contribution in [0.15, 0.2) is 54.7 Å². The molecule has 0 atom stereocenters. The third-order valence-electron chi connectivity index (χ3n) is 4.96. The highest BCUT2D eigenvalue weighted by Crippen LogP contribution is 2.27. The summed E-state index contributed by atoms with van der Waals surface area (Å²) >= 11 is 0. The number of rotatable bonds is 6. The van der Waals surface area contributed by atoms with Crippen molar-refractivity contribution in [2.75, 3.05) is 5.73 Å². The first kappa shape index (κ1) is 20.6. The second kappa shape index (κ2) is 8.23. The SMILES string of the molecule is CCc1cccc(Cn2cc(-c3cc(-c4cccc(C(C)(C)O)c4)nc(N)n3)nn2)n1. The van der Waals surface area contributed by atoms with Gasteiger partial charge in [0.1, 0.15) is 5.69 Å². The van der Waals surface area contributed by atoms with E-state index in [1.807, 2.05) is 54.7 Å². The molecule has 0 saturated carbocycles. The summed E-state index contributed by atoms with van der Waals surface area (Å²) in [6, 6.07) is 15.4. The molecule has 0 radical (unpaired) electrons. The molecule has 3 heterocycles. The molecule has 0 saturated heterocycles. The Labute approximate surface area is 180 Å². The molecule has 4 rings (SSSR count). The van der Waals surface area contributed by atoms with Crippen LogP contribution in [0.2, 0.25) is 0 Å². The first-order chi connectivity index (χ1) is 14.8. The summed E-state index contributed by atoms with van der Waals surface area (Å²) in [5.41, 5.74) is 10.4. The number of aromatic nitrogens is 6. The molecular formula is C23H25N7O. The molecule has 8 heteroatoms. The van der Waals surface area contributed by atoms with Crippen LogP contribution in [0.5, 0.6) is 0 Å². The molecule has 0 amide bonds. The van der Waals surface area contributed by atoms with Gasteiger partial charge in [-0.25, -0.2) is 14.6 Å². The fourth-order valence-corrected chi connectivity index (χ4v) is 3.28. The first-order valence-corrected chi connectivity index (χ1v) is 10.1. The predicted octanol–water partition coefficient (Wildman–Crippen LogP) is 3.22. The van der Waals surface area contributed by atoms with E-state index >= 15 is 0 Å². The zero-order valence-electron chi connectivity index (χ0n) is 17.8. The Morgan fingerprint density at radius 2 is 1.68 bits per heavy atom. The Kier molecular flexibility index (Phi) is 5.48. The molecule has 1 aromatic carbocycles. The third kappa shape index (κ3) is 4.75. The van der Waals surface area contributed by atoms with Gasteiger partial charge >= 0.3 is 0 Å². The number of hydrogen-bond acceptors (Lipinski definition) is 7. The Morgan fingerprint density at radius 1 is 0.935 bits per heavy atom. The van der Waals surface area contributed by atoms with Gasteiger partial charge in [-0.2, -0.15) is 0 Å². The number of anilines is 1. The lowest BCUT2D eigenvalue weighted by molar-refractivity contribution is 0.0786. The van der Waals surface area contributed by atoms with Crippen molar-refractivity contribution in [2.45, 2.75) is 39.3 Å². The van der Waals surface area contributed by atoms with Crippen molar-refractivity contribution in [3.63, 3.8) is 0 Å². The average Bonchev–Trinajstić information content (AvgIpc) is 3.21. The number of nitrogens with zero attached hydrogens (tertiary/aromatic N) is 6. The van der Waals surface area contributed by atoms with Gasteiger partial charge in [0, 0.05) is 11.3 Å². The van der Waals surface area contributed by atoms with Crippen LogP contribution in [0, 0.1) is 0 Å². The zero-order chi connectivity index (χ0) is 22.0. The van der Waals surface area contributed by atoms with Crippen LogP contribution in [0.3, 0.4) is 0 Å². The molecular weight excluding hydrogens is 390 g/mol. The number of aliphatic hydroxyl groups is 1. The smallest absolute Gasteiger partial charge is 0.221 e. The topological polar surface area (TPSA) is 116 Å². The number of pyridine rings is 1. The highest BCUT2D eigenvalue weighted by molar-refractivity contribution is 5.67. The molecule has 31 heavy (non-hydrogen) atoms. The fourth-order valence-electron chi connectivity index (χ4n) is 3.28. The summed E-state index contributed by atoms with van der Waals surface area (Å²) in [5, 5.41) is 18.8. The van der Waals surface area contributed by atoms with Gasteiger partial charge in [0.15, 0.2) is 0 Å². The molecule has 4 aromatic rings. The third-order valence-corrected chi connectivity index (χ3v) is 4.96. The molecule has 0 aliphatic carbocycles. The van der Waals surface area contributed by atoms with Crippen LogP contribution < -0.4 is 5.73 Å². The van der Waals surface area contributed by atoms with Crippen molar-refractivity contribution in [1.29, 1.82) is 0 Å². The highest BCUT2D eigenvalue weighted by Gasteiger charge is 2.17. The van der Waals surface area contributed by atoms with Crippen LogP contribution in [0.25, 0.3) is 22.6 Å². The van der Waals surface area contributed by atoms with E-state index in [9.17, 15) is 5.11 Å². The minimum Gasteiger partial charge on any atom is -0.386 e. The van der Waals surface area contributed by atoms with E-state index < -0.39 is 5.60 Å². The van der Waals surface area contributed by atoms with E-state index in [4.69, 9.17) is 5.73 Å². The van der Waals surface area contributed by atoms with Crippen molar-refractivity contribution in [3.8, 4) is 22.6 Å². The lowest BCUT2D eigenvalue weighted by Gasteiger charge is -2.18. The molecule has 0 fully saturated rings. The number of nitrogens with two attached hydrogens (primary N) is 1. The first-order valence-electron chi connectivity index (χ1n) is 10.1. The van der Waals surface area contributed by atoms with E-state index in [-0.39, 0.29) is 5.95 Å². The monoisotopic (exact) mass is 415 g/mol. The predicted molar refractivity (Wildman–Crippen MR) is 119 cm³/mol. The lowest BCUT2D eigenvalue weighted by atomic mass is 9.95. The standard InChI is InChI=1S/C23H25N7O/c1-4-17-9-6-10-18(25-17)13-30-14-21(28-29-30)20-12-19(26-22(24)27-20)15-7-5-8-16(11-15)23(2,3)31/h5-12,14,31H,4,13H2,1-3H3,(H2,24,26,27). The maximum atomic E-state index is 10.3. The van der Waals surface area contributed by atoms with Gasteiger partial charge in [-0.3, -0.25) is 4.98 Å². The second-order valence-corrected chi connectivity index (χ2v) is 7.91. The van der Waals surface area contributed by atoms with Crippen molar-refractivity contribution in [2.24, 2.45) is 0 Å². The second-order valence-electron chi connectivity index (χ2n) is 7.91. The fraction of sp³-hybridized carbons (Fsp3) is 0.261. The van der Waals surface area contributed by atoms with Crippen molar-refractivity contribution < 1.29 is 5.11 Å². The summed E-state index contributed by atoms with van der Waals surface area (Å²) in [6.07, 6.45) is 2.70. The quantitative estimate of drug-likeness (QED) is 0.497. The Bertz CT molecular complexity index is 1210. The van der Waals surface area contributed by atoms with E-state index in [1.54, 1.807) is 18.5 Å². The number of aryl methyl sites for hydroxylation is 1. The molecule has 0 spiro atoms. The molecule has 3 N–H and O–H groups in total. The Balaban J connectivity index is 1.64. The summed E-state index contributed by atoms with van der Waals surface area (Å²) < 4.78 is 1.73. The molecule has 8 nitrogen and oxygen atoms in total. The molecule has 0 aliphatic rings. The summed E-state index contributed by atoms with van der Waals surface area (Å²) in [4.78, 5) is 13.3. The van der Waals surface area contributed by atoms with Gasteiger partial charge < -0.3 is 10.8 Å². The molecule has 0 aliphatic heterocycles.